The van der Waals surface area contributed by atoms with Gasteiger partial charge < -0.3 is 24.8 Å². The van der Waals surface area contributed by atoms with Crippen molar-refractivity contribution >= 4 is 23.2 Å². The van der Waals surface area contributed by atoms with E-state index in [1.54, 1.807) is 25.2 Å². The molecule has 0 fully saturated rings. The average Bonchev–Trinajstić information content (AvgIpc) is 2.93. The fourth-order valence-corrected chi connectivity index (χ4v) is 2.93. The Labute approximate surface area is 182 Å². The zero-order valence-corrected chi connectivity index (χ0v) is 17.2. The summed E-state index contributed by atoms with van der Waals surface area (Å²) < 4.78 is 51.5. The van der Waals surface area contributed by atoms with Crippen LogP contribution in [0.4, 0.5) is 24.5 Å². The Morgan fingerprint density at radius 1 is 0.938 bits per heavy atom. The van der Waals surface area contributed by atoms with E-state index in [0.717, 1.165) is 18.6 Å². The van der Waals surface area contributed by atoms with Crippen molar-refractivity contribution in [2.45, 2.75) is 12.8 Å². The SMILES string of the molecule is CN(CC(=O)Nc1ccc(OC(F)(F)F)cc1)CC(=O)Nc1ccc2c(c1)OCCCO2. The van der Waals surface area contributed by atoms with Gasteiger partial charge in [0.15, 0.2) is 11.5 Å². The van der Waals surface area contributed by atoms with Crippen LogP contribution in [-0.4, -0.2) is 56.4 Å². The number of hydrogen-bond donors (Lipinski definition) is 2. The predicted molar refractivity (Wildman–Crippen MR) is 110 cm³/mol. The molecule has 0 saturated carbocycles. The lowest BCUT2D eigenvalue weighted by Gasteiger charge is -2.17. The third kappa shape index (κ3) is 7.34. The van der Waals surface area contributed by atoms with Crippen LogP contribution in [-0.2, 0) is 9.59 Å². The molecule has 32 heavy (non-hydrogen) atoms. The normalized spacial score (nSPS) is 13.3. The molecule has 2 amide bonds. The number of nitrogens with zero attached hydrogens (tertiary/aromatic N) is 1. The highest BCUT2D eigenvalue weighted by molar-refractivity contribution is 5.94. The van der Waals surface area contributed by atoms with Gasteiger partial charge in [-0.25, -0.2) is 0 Å². The van der Waals surface area contributed by atoms with Gasteiger partial charge in [0.2, 0.25) is 11.8 Å². The minimum atomic E-state index is -4.78. The topological polar surface area (TPSA) is 89.1 Å². The van der Waals surface area contributed by atoms with Crippen LogP contribution in [0.25, 0.3) is 0 Å². The van der Waals surface area contributed by atoms with E-state index in [-0.39, 0.29) is 24.7 Å². The fraction of sp³-hybridized carbons (Fsp3) is 0.333. The minimum Gasteiger partial charge on any atom is -0.490 e. The van der Waals surface area contributed by atoms with Gasteiger partial charge in [0.05, 0.1) is 26.3 Å². The van der Waals surface area contributed by atoms with Crippen LogP contribution in [0.3, 0.4) is 0 Å². The lowest BCUT2D eigenvalue weighted by molar-refractivity contribution is -0.274. The number of amides is 2. The Kier molecular flexibility index (Phi) is 7.41. The monoisotopic (exact) mass is 453 g/mol. The summed E-state index contributed by atoms with van der Waals surface area (Å²) in [5.41, 5.74) is 0.841. The largest absolute Gasteiger partial charge is 0.573 e. The molecule has 3 rings (SSSR count). The second-order valence-electron chi connectivity index (χ2n) is 7.05. The van der Waals surface area contributed by atoms with Crippen LogP contribution in [0.1, 0.15) is 6.42 Å². The number of nitrogens with one attached hydrogen (secondary N) is 2. The summed E-state index contributed by atoms with van der Waals surface area (Å²) in [7, 11) is 1.59. The van der Waals surface area contributed by atoms with E-state index < -0.39 is 12.3 Å². The molecule has 0 spiro atoms. The zero-order chi connectivity index (χ0) is 23.1. The first-order chi connectivity index (χ1) is 15.2. The van der Waals surface area contributed by atoms with Gasteiger partial charge in [0.25, 0.3) is 0 Å². The lowest BCUT2D eigenvalue weighted by Crippen LogP contribution is -2.36. The van der Waals surface area contributed by atoms with Gasteiger partial charge in [-0.05, 0) is 43.4 Å². The standard InChI is InChI=1S/C21H22F3N3O5/c1-27(12-19(28)25-14-3-6-16(7-4-14)32-21(22,23)24)13-20(29)26-15-5-8-17-18(11-15)31-10-2-9-30-17/h3-8,11H,2,9-10,12-13H2,1H3,(H,25,28)(H,26,29). The zero-order valence-electron chi connectivity index (χ0n) is 17.2. The molecule has 2 N–H and O–H groups in total. The Morgan fingerprint density at radius 2 is 1.50 bits per heavy atom. The molecule has 0 saturated heterocycles. The van der Waals surface area contributed by atoms with Crippen LogP contribution in [0, 0.1) is 0 Å². The minimum absolute atomic E-state index is 0.0553. The van der Waals surface area contributed by atoms with Crippen molar-refractivity contribution in [2.24, 2.45) is 0 Å². The van der Waals surface area contributed by atoms with Crippen molar-refractivity contribution in [3.8, 4) is 17.2 Å². The highest BCUT2D eigenvalue weighted by Gasteiger charge is 2.31. The Morgan fingerprint density at radius 3 is 2.12 bits per heavy atom. The van der Waals surface area contributed by atoms with Crippen LogP contribution in [0.5, 0.6) is 17.2 Å². The van der Waals surface area contributed by atoms with Crippen LogP contribution in [0.15, 0.2) is 42.5 Å². The number of fused-ring (bicyclic) bond motifs is 1. The van der Waals surface area contributed by atoms with Crippen molar-refractivity contribution in [2.75, 3.05) is 44.0 Å². The summed E-state index contributed by atoms with van der Waals surface area (Å²) in [5.74, 6) is 0.0230. The van der Waals surface area contributed by atoms with Gasteiger partial charge in [-0.1, -0.05) is 0 Å². The number of benzene rings is 2. The van der Waals surface area contributed by atoms with E-state index in [2.05, 4.69) is 15.4 Å². The van der Waals surface area contributed by atoms with E-state index in [4.69, 9.17) is 9.47 Å². The quantitative estimate of drug-likeness (QED) is 0.669. The fourth-order valence-electron chi connectivity index (χ4n) is 2.93. The molecular weight excluding hydrogens is 431 g/mol. The summed E-state index contributed by atoms with van der Waals surface area (Å²) in [6.07, 6.45) is -4.01. The summed E-state index contributed by atoms with van der Waals surface area (Å²) in [6, 6.07) is 9.86. The van der Waals surface area contributed by atoms with E-state index >= 15 is 0 Å². The molecule has 0 radical (unpaired) electrons. The number of carbonyl (C=O) groups is 2. The number of hydrogen-bond acceptors (Lipinski definition) is 6. The number of rotatable bonds is 7. The van der Waals surface area contributed by atoms with Gasteiger partial charge in [-0.2, -0.15) is 0 Å². The number of ether oxygens (including phenoxy) is 3. The molecule has 0 unspecified atom stereocenters. The number of alkyl halides is 3. The summed E-state index contributed by atoms with van der Waals surface area (Å²) in [6.45, 7) is 0.937. The van der Waals surface area contributed by atoms with Crippen molar-refractivity contribution < 1.29 is 37.0 Å². The molecule has 8 nitrogen and oxygen atoms in total. The van der Waals surface area contributed by atoms with E-state index in [1.165, 1.54) is 17.0 Å². The molecule has 0 bridgehead atoms. The van der Waals surface area contributed by atoms with Crippen molar-refractivity contribution in [1.29, 1.82) is 0 Å². The second-order valence-corrected chi connectivity index (χ2v) is 7.05. The van der Waals surface area contributed by atoms with Gasteiger partial charge >= 0.3 is 6.36 Å². The van der Waals surface area contributed by atoms with Crippen LogP contribution < -0.4 is 24.8 Å². The van der Waals surface area contributed by atoms with Crippen LogP contribution >= 0.6 is 0 Å². The molecule has 0 aliphatic carbocycles. The summed E-state index contributed by atoms with van der Waals surface area (Å²) in [4.78, 5) is 25.9. The maximum atomic E-state index is 12.3. The Balaban J connectivity index is 1.45. The first-order valence-electron chi connectivity index (χ1n) is 9.72. The van der Waals surface area contributed by atoms with E-state index in [0.29, 0.717) is 36.1 Å². The third-order valence-corrected chi connectivity index (χ3v) is 4.23. The maximum Gasteiger partial charge on any atom is 0.573 e. The Bertz CT molecular complexity index is 951. The van der Waals surface area contributed by atoms with E-state index in [9.17, 15) is 22.8 Å². The average molecular weight is 453 g/mol. The molecule has 0 aromatic heterocycles. The first-order valence-corrected chi connectivity index (χ1v) is 9.72. The van der Waals surface area contributed by atoms with E-state index in [1.807, 2.05) is 0 Å². The van der Waals surface area contributed by atoms with Gasteiger partial charge in [0.1, 0.15) is 5.75 Å². The third-order valence-electron chi connectivity index (χ3n) is 4.23. The molecule has 1 aliphatic rings. The highest BCUT2D eigenvalue weighted by Crippen LogP contribution is 2.32. The van der Waals surface area contributed by atoms with Gasteiger partial charge in [-0.15, -0.1) is 13.2 Å². The second kappa shape index (κ2) is 10.2. The number of carbonyl (C=O) groups excluding carboxylic acids is 2. The number of anilines is 2. The molecule has 172 valence electrons. The molecule has 2 aromatic rings. The summed E-state index contributed by atoms with van der Waals surface area (Å²) in [5, 5.41) is 5.28. The number of halogens is 3. The van der Waals surface area contributed by atoms with Crippen molar-refractivity contribution in [3.63, 3.8) is 0 Å². The van der Waals surface area contributed by atoms with Crippen molar-refractivity contribution in [3.05, 3.63) is 42.5 Å². The first kappa shape index (κ1) is 23.2. The summed E-state index contributed by atoms with van der Waals surface area (Å²) >= 11 is 0. The lowest BCUT2D eigenvalue weighted by atomic mass is 10.2. The smallest absolute Gasteiger partial charge is 0.490 e. The van der Waals surface area contributed by atoms with Gasteiger partial charge in [0, 0.05) is 23.9 Å². The molecule has 2 aromatic carbocycles. The highest BCUT2D eigenvalue weighted by atomic mass is 19.4. The molecular formula is C21H22F3N3O5. The van der Waals surface area contributed by atoms with Crippen molar-refractivity contribution in [1.82, 2.24) is 4.90 Å². The van der Waals surface area contributed by atoms with Gasteiger partial charge in [-0.3, -0.25) is 14.5 Å². The Hall–Kier alpha value is -3.47. The van der Waals surface area contributed by atoms with Crippen LogP contribution in [0.2, 0.25) is 0 Å². The predicted octanol–water partition coefficient (Wildman–Crippen LogP) is 3.26. The maximum absolute atomic E-state index is 12.3. The molecule has 1 aliphatic heterocycles. The molecule has 1 heterocycles. The number of likely N-dealkylation sites (N-methyl/N-ethyl adjacent to an activating group) is 1. The molecule has 0 atom stereocenters. The molecule has 11 heteroatoms.